The first-order valence-corrected chi connectivity index (χ1v) is 7.31. The van der Waals surface area contributed by atoms with Crippen LogP contribution in [0.2, 0.25) is 0 Å². The summed E-state index contributed by atoms with van der Waals surface area (Å²) in [6, 6.07) is 9.36. The Bertz CT molecular complexity index is 334. The average Bonchev–Trinajstić information content (AvgIpc) is 2.62. The highest BCUT2D eigenvalue weighted by atomic mass is 79.9. The van der Waals surface area contributed by atoms with E-state index >= 15 is 0 Å². The molecule has 1 N–H and O–H groups in total. The fraction of sp³-hybridized carbons (Fsp3) is 0.571. The van der Waals surface area contributed by atoms with Crippen LogP contribution < -0.4 is 5.32 Å². The molecule has 0 amide bonds. The Morgan fingerprint density at radius 1 is 1.22 bits per heavy atom. The lowest BCUT2D eigenvalue weighted by Crippen LogP contribution is -2.32. The molecule has 18 heavy (non-hydrogen) atoms. The molecule has 1 aliphatic heterocycles. The van der Waals surface area contributed by atoms with Gasteiger partial charge in [-0.3, -0.25) is 4.90 Å². The Balaban J connectivity index is 0.00000162. The predicted molar refractivity (Wildman–Crippen MR) is 83.5 cm³/mol. The van der Waals surface area contributed by atoms with E-state index in [4.69, 9.17) is 0 Å². The first kappa shape index (κ1) is 16.0. The number of nitrogens with zero attached hydrogens (tertiary/aromatic N) is 1. The highest BCUT2D eigenvalue weighted by molar-refractivity contribution is 9.10. The maximum absolute atomic E-state index is 3.50. The van der Waals surface area contributed by atoms with Gasteiger partial charge in [-0.2, -0.15) is 0 Å². The molecular formula is C14H22BrClN2. The number of hydrogen-bond donors (Lipinski definition) is 1. The number of rotatable bonds is 3. The molecule has 1 aromatic rings. The largest absolute Gasteiger partial charge is 0.315 e. The van der Waals surface area contributed by atoms with Crippen molar-refractivity contribution >= 4 is 28.3 Å². The third-order valence-corrected chi connectivity index (χ3v) is 3.99. The molecule has 1 saturated heterocycles. The van der Waals surface area contributed by atoms with Crippen molar-refractivity contribution < 1.29 is 0 Å². The average molecular weight is 334 g/mol. The summed E-state index contributed by atoms with van der Waals surface area (Å²) in [4.78, 5) is 2.61. The number of nitrogens with one attached hydrogen (secondary N) is 1. The van der Waals surface area contributed by atoms with Gasteiger partial charge in [0.05, 0.1) is 0 Å². The van der Waals surface area contributed by atoms with Crippen molar-refractivity contribution in [2.45, 2.75) is 25.8 Å². The minimum absolute atomic E-state index is 0. The van der Waals surface area contributed by atoms with E-state index in [-0.39, 0.29) is 12.4 Å². The van der Waals surface area contributed by atoms with Gasteiger partial charge in [0.1, 0.15) is 0 Å². The van der Waals surface area contributed by atoms with Gasteiger partial charge in [0.15, 0.2) is 0 Å². The van der Waals surface area contributed by atoms with Crippen molar-refractivity contribution in [2.24, 2.45) is 0 Å². The zero-order chi connectivity index (χ0) is 12.1. The van der Waals surface area contributed by atoms with E-state index in [2.05, 4.69) is 57.3 Å². The molecule has 2 rings (SSSR count). The summed E-state index contributed by atoms with van der Waals surface area (Å²) in [6.45, 7) is 6.93. The van der Waals surface area contributed by atoms with E-state index in [1.54, 1.807) is 0 Å². The van der Waals surface area contributed by atoms with Crippen LogP contribution in [0.4, 0.5) is 0 Å². The van der Waals surface area contributed by atoms with Crippen molar-refractivity contribution in [2.75, 3.05) is 26.2 Å². The lowest BCUT2D eigenvalue weighted by molar-refractivity contribution is 0.205. The summed E-state index contributed by atoms with van der Waals surface area (Å²) < 4.78 is 1.16. The van der Waals surface area contributed by atoms with Crippen molar-refractivity contribution in [1.82, 2.24) is 10.2 Å². The van der Waals surface area contributed by atoms with E-state index in [1.165, 1.54) is 24.9 Å². The molecule has 0 aromatic heterocycles. The third kappa shape index (κ3) is 4.23. The van der Waals surface area contributed by atoms with Gasteiger partial charge in [-0.15, -0.1) is 12.4 Å². The molecule has 4 heteroatoms. The Hall–Kier alpha value is -0.0900. The SMILES string of the molecule is CCC(c1ccc(Br)cc1)N1CCCNCC1.Cl. The molecule has 1 fully saturated rings. The van der Waals surface area contributed by atoms with Gasteiger partial charge in [-0.25, -0.2) is 0 Å². The standard InChI is InChI=1S/C14H21BrN2.ClH/c1-2-14(12-4-6-13(15)7-5-12)17-10-3-8-16-9-11-17;/h4-7,14,16H,2-3,8-11H2,1H3;1H. The van der Waals surface area contributed by atoms with E-state index in [0.717, 1.165) is 24.1 Å². The zero-order valence-corrected chi connectivity index (χ0v) is 13.3. The summed E-state index contributed by atoms with van der Waals surface area (Å²) in [5.74, 6) is 0. The molecule has 0 saturated carbocycles. The fourth-order valence-electron chi connectivity index (χ4n) is 2.57. The lowest BCUT2D eigenvalue weighted by atomic mass is 10.0. The van der Waals surface area contributed by atoms with Crippen LogP contribution in [0.3, 0.4) is 0 Å². The highest BCUT2D eigenvalue weighted by Gasteiger charge is 2.19. The Morgan fingerprint density at radius 2 is 1.94 bits per heavy atom. The molecule has 1 aromatic carbocycles. The van der Waals surface area contributed by atoms with Gasteiger partial charge in [-0.05, 0) is 37.1 Å². The summed E-state index contributed by atoms with van der Waals surface area (Å²) in [7, 11) is 0. The van der Waals surface area contributed by atoms with E-state index in [1.807, 2.05) is 0 Å². The minimum atomic E-state index is 0. The van der Waals surface area contributed by atoms with Crippen molar-refractivity contribution in [3.8, 4) is 0 Å². The summed E-state index contributed by atoms with van der Waals surface area (Å²) in [5.41, 5.74) is 1.44. The molecule has 0 spiro atoms. The van der Waals surface area contributed by atoms with Crippen LogP contribution >= 0.6 is 28.3 Å². The van der Waals surface area contributed by atoms with Crippen LogP contribution in [0.15, 0.2) is 28.7 Å². The van der Waals surface area contributed by atoms with Crippen LogP contribution in [0.25, 0.3) is 0 Å². The van der Waals surface area contributed by atoms with Gasteiger partial charge < -0.3 is 5.32 Å². The van der Waals surface area contributed by atoms with Crippen LogP contribution in [-0.4, -0.2) is 31.1 Å². The predicted octanol–water partition coefficient (Wildman–Crippen LogP) is 3.62. The molecule has 0 radical (unpaired) electrons. The maximum atomic E-state index is 3.50. The number of hydrogen-bond acceptors (Lipinski definition) is 2. The third-order valence-electron chi connectivity index (χ3n) is 3.46. The second kappa shape index (κ2) is 8.16. The number of halogens is 2. The molecule has 1 atom stereocenters. The minimum Gasteiger partial charge on any atom is -0.315 e. The monoisotopic (exact) mass is 332 g/mol. The summed E-state index contributed by atoms with van der Waals surface area (Å²) in [5, 5.41) is 3.47. The highest BCUT2D eigenvalue weighted by Crippen LogP contribution is 2.25. The second-order valence-corrected chi connectivity index (χ2v) is 5.53. The van der Waals surface area contributed by atoms with Gasteiger partial charge in [0, 0.05) is 30.1 Å². The van der Waals surface area contributed by atoms with Crippen LogP contribution in [0.5, 0.6) is 0 Å². The van der Waals surface area contributed by atoms with Crippen molar-refractivity contribution in [3.63, 3.8) is 0 Å². The van der Waals surface area contributed by atoms with Crippen molar-refractivity contribution in [3.05, 3.63) is 34.3 Å². The van der Waals surface area contributed by atoms with Crippen LogP contribution in [-0.2, 0) is 0 Å². The van der Waals surface area contributed by atoms with E-state index < -0.39 is 0 Å². The van der Waals surface area contributed by atoms with E-state index in [0.29, 0.717) is 6.04 Å². The van der Waals surface area contributed by atoms with Gasteiger partial charge in [0.25, 0.3) is 0 Å². The maximum Gasteiger partial charge on any atom is 0.0346 e. The van der Waals surface area contributed by atoms with Gasteiger partial charge >= 0.3 is 0 Å². The molecular weight excluding hydrogens is 312 g/mol. The van der Waals surface area contributed by atoms with Crippen LogP contribution in [0.1, 0.15) is 31.4 Å². The molecule has 2 nitrogen and oxygen atoms in total. The second-order valence-electron chi connectivity index (χ2n) is 4.62. The van der Waals surface area contributed by atoms with Gasteiger partial charge in [-0.1, -0.05) is 35.0 Å². The van der Waals surface area contributed by atoms with Crippen LogP contribution in [0, 0.1) is 0 Å². The first-order valence-electron chi connectivity index (χ1n) is 6.51. The first-order chi connectivity index (χ1) is 8.31. The molecule has 1 unspecified atom stereocenters. The quantitative estimate of drug-likeness (QED) is 0.909. The normalized spacial score (nSPS) is 18.8. The lowest BCUT2D eigenvalue weighted by Gasteiger charge is -2.30. The van der Waals surface area contributed by atoms with Gasteiger partial charge in [0.2, 0.25) is 0 Å². The smallest absolute Gasteiger partial charge is 0.0346 e. The molecule has 0 aliphatic carbocycles. The fourth-order valence-corrected chi connectivity index (χ4v) is 2.83. The number of benzene rings is 1. The van der Waals surface area contributed by atoms with E-state index in [9.17, 15) is 0 Å². The Labute approximate surface area is 125 Å². The Morgan fingerprint density at radius 3 is 2.61 bits per heavy atom. The van der Waals surface area contributed by atoms with Crippen molar-refractivity contribution in [1.29, 1.82) is 0 Å². The summed E-state index contributed by atoms with van der Waals surface area (Å²) in [6.07, 6.45) is 2.44. The summed E-state index contributed by atoms with van der Waals surface area (Å²) >= 11 is 3.50. The molecule has 1 heterocycles. The molecule has 1 aliphatic rings. The topological polar surface area (TPSA) is 15.3 Å². The zero-order valence-electron chi connectivity index (χ0n) is 10.9. The Kier molecular flexibility index (Phi) is 7.23. The molecule has 0 bridgehead atoms. The molecule has 102 valence electrons.